The zero-order valence-corrected chi connectivity index (χ0v) is 18.2. The molecule has 0 radical (unpaired) electrons. The Labute approximate surface area is 188 Å². The van der Waals surface area contributed by atoms with E-state index in [1.807, 2.05) is 34.9 Å². The Morgan fingerprint density at radius 3 is 2.72 bits per heavy atom. The van der Waals surface area contributed by atoms with Crippen LogP contribution in [0.5, 0.6) is 0 Å². The molecule has 1 aromatic heterocycles. The summed E-state index contributed by atoms with van der Waals surface area (Å²) in [6.07, 6.45) is 3.77. The van der Waals surface area contributed by atoms with E-state index in [0.29, 0.717) is 11.7 Å². The molecule has 1 aliphatic heterocycles. The number of hydrogen-bond donors (Lipinski definition) is 1. The van der Waals surface area contributed by atoms with Gasteiger partial charge in [-0.25, -0.2) is 18.2 Å². The van der Waals surface area contributed by atoms with E-state index < -0.39 is 34.3 Å². The predicted octanol–water partition coefficient (Wildman–Crippen LogP) is 5.27. The number of hydrogen-bond acceptors (Lipinski definition) is 4. The maximum Gasteiger partial charge on any atom is 0.237 e. The van der Waals surface area contributed by atoms with Gasteiger partial charge in [-0.2, -0.15) is 0 Å². The number of carbonyl (C=O) groups excluding carboxylic acids is 1. The van der Waals surface area contributed by atoms with Gasteiger partial charge in [-0.1, -0.05) is 42.1 Å². The van der Waals surface area contributed by atoms with E-state index in [4.69, 9.17) is 4.74 Å². The van der Waals surface area contributed by atoms with Crippen LogP contribution in [0.15, 0.2) is 53.8 Å². The number of carbonyl (C=O) groups is 1. The first-order valence-electron chi connectivity index (χ1n) is 10.3. The van der Waals surface area contributed by atoms with Gasteiger partial charge in [-0.15, -0.1) is 0 Å². The third-order valence-electron chi connectivity index (χ3n) is 5.24. The number of aromatic nitrogens is 2. The number of rotatable bonds is 7. The van der Waals surface area contributed by atoms with Crippen LogP contribution >= 0.6 is 11.8 Å². The maximum atomic E-state index is 13.9. The summed E-state index contributed by atoms with van der Waals surface area (Å²) in [6, 6.07) is 11.6. The highest BCUT2D eigenvalue weighted by Crippen LogP contribution is 2.31. The molecule has 3 aromatic rings. The number of halogens is 3. The van der Waals surface area contributed by atoms with Crippen LogP contribution in [0.4, 0.5) is 18.9 Å². The second kappa shape index (κ2) is 9.79. The summed E-state index contributed by atoms with van der Waals surface area (Å²) >= 11 is 1.20. The topological polar surface area (TPSA) is 56.2 Å². The van der Waals surface area contributed by atoms with Gasteiger partial charge in [-0.05, 0) is 37.5 Å². The van der Waals surface area contributed by atoms with Crippen LogP contribution in [-0.2, 0) is 16.1 Å². The SMILES string of the molecule is CC(Sc1ncc(-c2ccccc2)n1CC1CCCO1)C(=O)Nc1ccc(F)c(F)c1F. The lowest BCUT2D eigenvalue weighted by atomic mass is 10.1. The number of nitrogens with zero attached hydrogens (tertiary/aromatic N) is 2. The standard InChI is InChI=1S/C23H22F3N3O2S/c1-14(22(30)28-18-10-9-17(24)20(25)21(18)26)32-23-27-12-19(15-6-3-2-4-7-15)29(23)13-16-8-5-11-31-16/h2-4,6-7,9-10,12,14,16H,5,8,11,13H2,1H3,(H,28,30). The van der Waals surface area contributed by atoms with Gasteiger partial charge in [0.25, 0.3) is 0 Å². The largest absolute Gasteiger partial charge is 0.376 e. The minimum atomic E-state index is -1.62. The molecule has 9 heteroatoms. The van der Waals surface area contributed by atoms with Gasteiger partial charge >= 0.3 is 0 Å². The van der Waals surface area contributed by atoms with Gasteiger partial charge < -0.3 is 14.6 Å². The first kappa shape index (κ1) is 22.4. The highest BCUT2D eigenvalue weighted by atomic mass is 32.2. The van der Waals surface area contributed by atoms with Crippen molar-refractivity contribution in [2.24, 2.45) is 0 Å². The fourth-order valence-corrected chi connectivity index (χ4v) is 4.42. The highest BCUT2D eigenvalue weighted by molar-refractivity contribution is 8.00. The lowest BCUT2D eigenvalue weighted by Gasteiger charge is -2.18. The Morgan fingerprint density at radius 2 is 2.00 bits per heavy atom. The van der Waals surface area contributed by atoms with Gasteiger partial charge in [0.2, 0.25) is 5.91 Å². The predicted molar refractivity (Wildman–Crippen MR) is 117 cm³/mol. The zero-order valence-electron chi connectivity index (χ0n) is 17.4. The van der Waals surface area contributed by atoms with Crippen molar-refractivity contribution in [3.05, 3.63) is 66.1 Å². The van der Waals surface area contributed by atoms with Crippen molar-refractivity contribution in [3.63, 3.8) is 0 Å². The first-order valence-corrected chi connectivity index (χ1v) is 11.2. The summed E-state index contributed by atoms with van der Waals surface area (Å²) < 4.78 is 48.4. The lowest BCUT2D eigenvalue weighted by Crippen LogP contribution is -2.24. The molecule has 1 N–H and O–H groups in total. The third kappa shape index (κ3) is 4.83. The molecule has 2 atom stereocenters. The Kier molecular flexibility index (Phi) is 6.86. The van der Waals surface area contributed by atoms with Crippen molar-refractivity contribution in [1.82, 2.24) is 9.55 Å². The summed E-state index contributed by atoms with van der Waals surface area (Å²) in [5, 5.41) is 2.27. The van der Waals surface area contributed by atoms with Crippen molar-refractivity contribution in [2.75, 3.05) is 11.9 Å². The molecule has 2 unspecified atom stereocenters. The van der Waals surface area contributed by atoms with E-state index in [0.717, 1.165) is 42.8 Å². The molecular formula is C23H22F3N3O2S. The minimum Gasteiger partial charge on any atom is -0.376 e. The number of benzene rings is 2. The minimum absolute atomic E-state index is 0.0615. The Morgan fingerprint density at radius 1 is 1.22 bits per heavy atom. The molecule has 0 spiro atoms. The number of ether oxygens (including phenoxy) is 1. The van der Waals surface area contributed by atoms with Gasteiger partial charge in [0.1, 0.15) is 0 Å². The number of amides is 1. The van der Waals surface area contributed by atoms with E-state index in [2.05, 4.69) is 10.3 Å². The van der Waals surface area contributed by atoms with Crippen molar-refractivity contribution in [2.45, 2.75) is 42.8 Å². The number of anilines is 1. The quantitative estimate of drug-likeness (QED) is 0.385. The highest BCUT2D eigenvalue weighted by Gasteiger charge is 2.24. The molecule has 0 aliphatic carbocycles. The van der Waals surface area contributed by atoms with E-state index in [-0.39, 0.29) is 6.10 Å². The summed E-state index contributed by atoms with van der Waals surface area (Å²) in [4.78, 5) is 17.1. The molecule has 4 rings (SSSR count). The zero-order chi connectivity index (χ0) is 22.7. The van der Waals surface area contributed by atoms with Crippen LogP contribution in [-0.4, -0.2) is 33.4 Å². The molecule has 1 saturated heterocycles. The molecule has 2 aromatic carbocycles. The lowest BCUT2D eigenvalue weighted by molar-refractivity contribution is -0.115. The van der Waals surface area contributed by atoms with E-state index in [1.54, 1.807) is 13.1 Å². The van der Waals surface area contributed by atoms with Crippen LogP contribution in [0.1, 0.15) is 19.8 Å². The van der Waals surface area contributed by atoms with Crippen molar-refractivity contribution in [1.29, 1.82) is 0 Å². The van der Waals surface area contributed by atoms with Crippen LogP contribution < -0.4 is 5.32 Å². The van der Waals surface area contributed by atoms with Crippen molar-refractivity contribution < 1.29 is 22.7 Å². The number of nitrogens with one attached hydrogen (secondary N) is 1. The molecule has 168 valence electrons. The number of imidazole rings is 1. The van der Waals surface area contributed by atoms with Crippen LogP contribution in [0.2, 0.25) is 0 Å². The van der Waals surface area contributed by atoms with Gasteiger partial charge in [0.15, 0.2) is 22.6 Å². The van der Waals surface area contributed by atoms with Gasteiger partial charge in [-0.3, -0.25) is 4.79 Å². The summed E-state index contributed by atoms with van der Waals surface area (Å²) in [6.45, 7) is 2.96. The van der Waals surface area contributed by atoms with Crippen LogP contribution in [0, 0.1) is 17.5 Å². The monoisotopic (exact) mass is 461 g/mol. The normalized spacial score (nSPS) is 16.8. The summed E-state index contributed by atoms with van der Waals surface area (Å²) in [5.74, 6) is -4.91. The van der Waals surface area contributed by atoms with Crippen LogP contribution in [0.25, 0.3) is 11.3 Å². The fraction of sp³-hybridized carbons (Fsp3) is 0.304. The summed E-state index contributed by atoms with van der Waals surface area (Å²) in [5.41, 5.74) is 1.49. The fourth-order valence-electron chi connectivity index (χ4n) is 3.53. The van der Waals surface area contributed by atoms with Crippen molar-refractivity contribution >= 4 is 23.4 Å². The maximum absolute atomic E-state index is 13.9. The van der Waals surface area contributed by atoms with Crippen LogP contribution in [0.3, 0.4) is 0 Å². The van der Waals surface area contributed by atoms with Gasteiger partial charge in [0, 0.05) is 6.61 Å². The molecule has 2 heterocycles. The summed E-state index contributed by atoms with van der Waals surface area (Å²) in [7, 11) is 0. The molecule has 1 aliphatic rings. The Bertz CT molecular complexity index is 1100. The average molecular weight is 462 g/mol. The molecular weight excluding hydrogens is 439 g/mol. The smallest absolute Gasteiger partial charge is 0.237 e. The van der Waals surface area contributed by atoms with Crippen molar-refractivity contribution in [3.8, 4) is 11.3 Å². The first-order chi connectivity index (χ1) is 15.4. The molecule has 0 bridgehead atoms. The molecule has 1 amide bonds. The van der Waals surface area contributed by atoms with E-state index in [9.17, 15) is 18.0 Å². The second-order valence-corrected chi connectivity index (χ2v) is 8.82. The van der Waals surface area contributed by atoms with Gasteiger partial charge in [0.05, 0.1) is 35.5 Å². The Hall–Kier alpha value is -2.78. The molecule has 1 fully saturated rings. The second-order valence-electron chi connectivity index (χ2n) is 7.51. The molecule has 5 nitrogen and oxygen atoms in total. The Balaban J connectivity index is 1.54. The third-order valence-corrected chi connectivity index (χ3v) is 6.35. The molecule has 32 heavy (non-hydrogen) atoms. The van der Waals surface area contributed by atoms with E-state index >= 15 is 0 Å². The molecule has 0 saturated carbocycles. The average Bonchev–Trinajstić information content (AvgIpc) is 3.45. The van der Waals surface area contributed by atoms with E-state index in [1.165, 1.54) is 11.8 Å². The number of thioether (sulfide) groups is 1.